The van der Waals surface area contributed by atoms with Gasteiger partial charge in [0.2, 0.25) is 5.91 Å². The molecule has 2 heterocycles. The Labute approximate surface area is 159 Å². The van der Waals surface area contributed by atoms with Gasteiger partial charge in [-0.1, -0.05) is 13.8 Å². The molecule has 0 aromatic carbocycles. The summed E-state index contributed by atoms with van der Waals surface area (Å²) in [6.07, 6.45) is 0.827. The molecule has 2 rings (SSSR count). The first-order chi connectivity index (χ1) is 12.3. The molecule has 1 aliphatic heterocycles. The van der Waals surface area contributed by atoms with Crippen molar-refractivity contribution in [1.29, 1.82) is 5.26 Å². The molecule has 0 bridgehead atoms. The van der Waals surface area contributed by atoms with E-state index in [1.807, 2.05) is 42.5 Å². The van der Waals surface area contributed by atoms with Crippen LogP contribution in [-0.2, 0) is 4.79 Å². The van der Waals surface area contributed by atoms with E-state index in [0.717, 1.165) is 18.5 Å². The molecule has 1 aromatic rings. The standard InChI is InChI=1S/C19H28N4O2S/c1-14(2)19(4,13-20)21-17(24)15(3)22-7-5-8-23(10-9-22)18(25)16-6-11-26-12-16/h6,11-12,14-15H,5,7-10H2,1-4H3,(H,21,24). The summed E-state index contributed by atoms with van der Waals surface area (Å²) < 4.78 is 0. The predicted molar refractivity (Wildman–Crippen MR) is 103 cm³/mol. The summed E-state index contributed by atoms with van der Waals surface area (Å²) in [5.74, 6) is -0.0612. The predicted octanol–water partition coefficient (Wildman–Crippen LogP) is 2.34. The Morgan fingerprint density at radius 1 is 1.27 bits per heavy atom. The van der Waals surface area contributed by atoms with Gasteiger partial charge in [0.05, 0.1) is 17.7 Å². The van der Waals surface area contributed by atoms with Gasteiger partial charge in [0.1, 0.15) is 5.54 Å². The van der Waals surface area contributed by atoms with E-state index in [9.17, 15) is 14.9 Å². The van der Waals surface area contributed by atoms with Crippen molar-refractivity contribution in [3.63, 3.8) is 0 Å². The minimum Gasteiger partial charge on any atom is -0.337 e. The highest BCUT2D eigenvalue weighted by atomic mass is 32.1. The van der Waals surface area contributed by atoms with Crippen LogP contribution in [0.2, 0.25) is 0 Å². The van der Waals surface area contributed by atoms with Crippen LogP contribution in [-0.4, -0.2) is 59.4 Å². The fourth-order valence-corrected chi connectivity index (χ4v) is 3.55. The molecule has 0 spiro atoms. The summed E-state index contributed by atoms with van der Waals surface area (Å²) >= 11 is 1.52. The number of thiophene rings is 1. The molecule has 1 N–H and O–H groups in total. The van der Waals surface area contributed by atoms with Gasteiger partial charge in [-0.15, -0.1) is 0 Å². The van der Waals surface area contributed by atoms with Crippen molar-refractivity contribution < 1.29 is 9.59 Å². The van der Waals surface area contributed by atoms with E-state index in [4.69, 9.17) is 0 Å². The van der Waals surface area contributed by atoms with Crippen LogP contribution in [0.5, 0.6) is 0 Å². The molecule has 0 saturated carbocycles. The van der Waals surface area contributed by atoms with Crippen molar-refractivity contribution in [2.45, 2.75) is 45.7 Å². The van der Waals surface area contributed by atoms with Crippen molar-refractivity contribution >= 4 is 23.2 Å². The number of nitriles is 1. The third kappa shape index (κ3) is 4.63. The molecular weight excluding hydrogens is 348 g/mol. The number of carbonyl (C=O) groups is 2. The van der Waals surface area contributed by atoms with Crippen LogP contribution >= 0.6 is 11.3 Å². The molecule has 7 heteroatoms. The summed E-state index contributed by atoms with van der Waals surface area (Å²) in [6, 6.07) is 3.73. The van der Waals surface area contributed by atoms with Gasteiger partial charge in [0.25, 0.3) is 5.91 Å². The molecule has 6 nitrogen and oxygen atoms in total. The first kappa shape index (κ1) is 20.4. The van der Waals surface area contributed by atoms with Gasteiger partial charge in [0.15, 0.2) is 0 Å². The van der Waals surface area contributed by atoms with Gasteiger partial charge in [-0.3, -0.25) is 14.5 Å². The van der Waals surface area contributed by atoms with E-state index in [2.05, 4.69) is 16.3 Å². The average Bonchev–Trinajstić information content (AvgIpc) is 3.04. The Morgan fingerprint density at radius 3 is 2.58 bits per heavy atom. The van der Waals surface area contributed by atoms with E-state index >= 15 is 0 Å². The molecule has 2 atom stereocenters. The fraction of sp³-hybridized carbons (Fsp3) is 0.632. The molecule has 142 valence electrons. The monoisotopic (exact) mass is 376 g/mol. The Bertz CT molecular complexity index is 668. The quantitative estimate of drug-likeness (QED) is 0.856. The van der Waals surface area contributed by atoms with E-state index in [1.54, 1.807) is 6.92 Å². The van der Waals surface area contributed by atoms with Crippen molar-refractivity contribution in [3.05, 3.63) is 22.4 Å². The van der Waals surface area contributed by atoms with E-state index < -0.39 is 5.54 Å². The summed E-state index contributed by atoms with van der Waals surface area (Å²) in [7, 11) is 0. The van der Waals surface area contributed by atoms with Crippen LogP contribution in [0.15, 0.2) is 16.8 Å². The lowest BCUT2D eigenvalue weighted by molar-refractivity contribution is -0.127. The first-order valence-electron chi connectivity index (χ1n) is 9.07. The maximum absolute atomic E-state index is 12.7. The van der Waals surface area contributed by atoms with Gasteiger partial charge in [0, 0.05) is 31.6 Å². The highest BCUT2D eigenvalue weighted by Gasteiger charge is 2.33. The second-order valence-electron chi connectivity index (χ2n) is 7.33. The van der Waals surface area contributed by atoms with Crippen molar-refractivity contribution in [2.24, 2.45) is 5.92 Å². The SMILES string of the molecule is CC(C(=O)NC(C)(C#N)C(C)C)N1CCCN(C(=O)c2ccsc2)CC1. The molecule has 1 aromatic heterocycles. The highest BCUT2D eigenvalue weighted by Crippen LogP contribution is 2.17. The number of nitrogens with one attached hydrogen (secondary N) is 1. The lowest BCUT2D eigenvalue weighted by Gasteiger charge is -2.32. The zero-order chi connectivity index (χ0) is 19.3. The average molecular weight is 377 g/mol. The van der Waals surface area contributed by atoms with E-state index in [1.165, 1.54) is 11.3 Å². The molecule has 0 aliphatic carbocycles. The van der Waals surface area contributed by atoms with Gasteiger partial charge in [-0.2, -0.15) is 16.6 Å². The van der Waals surface area contributed by atoms with Crippen molar-refractivity contribution in [3.8, 4) is 6.07 Å². The number of nitrogens with zero attached hydrogens (tertiary/aromatic N) is 3. The molecule has 0 radical (unpaired) electrons. The van der Waals surface area contributed by atoms with Crippen LogP contribution in [0.4, 0.5) is 0 Å². The minimum absolute atomic E-state index is 0.0199. The third-order valence-corrected chi connectivity index (χ3v) is 5.97. The van der Waals surface area contributed by atoms with E-state index in [-0.39, 0.29) is 23.8 Å². The number of amides is 2. The number of carbonyl (C=O) groups excluding carboxylic acids is 2. The van der Waals surface area contributed by atoms with Crippen LogP contribution in [0.1, 0.15) is 44.5 Å². The molecule has 26 heavy (non-hydrogen) atoms. The number of rotatable bonds is 5. The van der Waals surface area contributed by atoms with E-state index in [0.29, 0.717) is 19.6 Å². The Kier molecular flexibility index (Phi) is 6.79. The van der Waals surface area contributed by atoms with Gasteiger partial charge < -0.3 is 10.2 Å². The van der Waals surface area contributed by atoms with Gasteiger partial charge in [-0.05, 0) is 37.6 Å². The normalized spacial score (nSPS) is 19.3. The molecule has 1 fully saturated rings. The van der Waals surface area contributed by atoms with Crippen LogP contribution in [0.25, 0.3) is 0 Å². The molecule has 2 unspecified atom stereocenters. The smallest absolute Gasteiger partial charge is 0.254 e. The van der Waals surface area contributed by atoms with Crippen molar-refractivity contribution in [1.82, 2.24) is 15.1 Å². The lowest BCUT2D eigenvalue weighted by Crippen LogP contribution is -2.55. The maximum atomic E-state index is 12.7. The fourth-order valence-electron chi connectivity index (χ4n) is 2.92. The third-order valence-electron chi connectivity index (χ3n) is 5.28. The summed E-state index contributed by atoms with van der Waals surface area (Å²) in [5.41, 5.74) is -0.144. The molecule has 1 aliphatic rings. The topological polar surface area (TPSA) is 76.4 Å². The van der Waals surface area contributed by atoms with Crippen LogP contribution in [0.3, 0.4) is 0 Å². The van der Waals surface area contributed by atoms with Crippen LogP contribution in [0, 0.1) is 17.2 Å². The number of hydrogen-bond donors (Lipinski definition) is 1. The van der Waals surface area contributed by atoms with Gasteiger partial charge in [-0.25, -0.2) is 0 Å². The zero-order valence-electron chi connectivity index (χ0n) is 16.0. The largest absolute Gasteiger partial charge is 0.337 e. The number of hydrogen-bond acceptors (Lipinski definition) is 5. The Hall–Kier alpha value is -1.91. The summed E-state index contributed by atoms with van der Waals surface area (Å²) in [6.45, 7) is 10.2. The second-order valence-corrected chi connectivity index (χ2v) is 8.11. The van der Waals surface area contributed by atoms with Crippen LogP contribution < -0.4 is 5.32 Å². The zero-order valence-corrected chi connectivity index (χ0v) is 16.8. The lowest BCUT2D eigenvalue weighted by atomic mass is 9.89. The Morgan fingerprint density at radius 2 is 2.00 bits per heavy atom. The second kappa shape index (κ2) is 8.65. The molecule has 2 amide bonds. The first-order valence-corrected chi connectivity index (χ1v) is 10.0. The summed E-state index contributed by atoms with van der Waals surface area (Å²) in [5, 5.41) is 16.1. The van der Waals surface area contributed by atoms with Crippen molar-refractivity contribution in [2.75, 3.05) is 26.2 Å². The highest BCUT2D eigenvalue weighted by molar-refractivity contribution is 7.08. The Balaban J connectivity index is 1.96. The minimum atomic E-state index is -0.877. The molecular formula is C19H28N4O2S. The molecule has 1 saturated heterocycles. The maximum Gasteiger partial charge on any atom is 0.254 e. The summed E-state index contributed by atoms with van der Waals surface area (Å²) in [4.78, 5) is 29.1. The van der Waals surface area contributed by atoms with Gasteiger partial charge >= 0.3 is 0 Å².